The molecule has 0 aliphatic carbocycles. The largest absolute Gasteiger partial charge is 0.376 e. The molecule has 28 heavy (non-hydrogen) atoms. The fourth-order valence-electron chi connectivity index (χ4n) is 3.20. The molecule has 0 bridgehead atoms. The van der Waals surface area contributed by atoms with Gasteiger partial charge in [0.1, 0.15) is 5.82 Å². The molecule has 1 aliphatic heterocycles. The molecule has 10 heteroatoms. The smallest absolute Gasteiger partial charge is 0.191 e. The van der Waals surface area contributed by atoms with E-state index in [1.165, 1.54) is 4.88 Å². The van der Waals surface area contributed by atoms with Gasteiger partial charge < -0.3 is 19.9 Å². The fraction of sp³-hybridized carbons (Fsp3) is 0.611. The van der Waals surface area contributed by atoms with E-state index in [2.05, 4.69) is 55.2 Å². The quantitative estimate of drug-likeness (QED) is 0.345. The number of nitrogens with one attached hydrogen (secondary N) is 2. The van der Waals surface area contributed by atoms with E-state index in [1.54, 1.807) is 18.4 Å². The highest BCUT2D eigenvalue weighted by atomic mass is 127. The van der Waals surface area contributed by atoms with Crippen LogP contribution in [0.5, 0.6) is 0 Å². The van der Waals surface area contributed by atoms with Crippen LogP contribution < -0.4 is 10.6 Å². The highest BCUT2D eigenvalue weighted by Gasteiger charge is 2.26. The van der Waals surface area contributed by atoms with Gasteiger partial charge >= 0.3 is 0 Å². The number of halogens is 1. The predicted molar refractivity (Wildman–Crippen MR) is 123 cm³/mol. The van der Waals surface area contributed by atoms with Gasteiger partial charge in [0.25, 0.3) is 0 Å². The molecule has 2 unspecified atom stereocenters. The van der Waals surface area contributed by atoms with Crippen LogP contribution in [0.15, 0.2) is 22.5 Å². The summed E-state index contributed by atoms with van der Waals surface area (Å²) in [4.78, 5) is 8.20. The Morgan fingerprint density at radius 3 is 2.86 bits per heavy atom. The van der Waals surface area contributed by atoms with Crippen LogP contribution in [0.1, 0.15) is 29.5 Å². The summed E-state index contributed by atoms with van der Waals surface area (Å²) < 4.78 is 7.69. The molecule has 2 atom stereocenters. The lowest BCUT2D eigenvalue weighted by atomic mass is 10.1. The van der Waals surface area contributed by atoms with Crippen LogP contribution in [0.3, 0.4) is 0 Å². The summed E-state index contributed by atoms with van der Waals surface area (Å²) in [6, 6.07) is 4.61. The average Bonchev–Trinajstić information content (AvgIpc) is 3.30. The van der Waals surface area contributed by atoms with E-state index in [0.717, 1.165) is 43.8 Å². The van der Waals surface area contributed by atoms with Crippen molar-refractivity contribution in [3.05, 3.63) is 34.0 Å². The number of aliphatic imine (C=N–C) groups is 1. The van der Waals surface area contributed by atoms with Crippen molar-refractivity contribution in [3.8, 4) is 0 Å². The molecule has 1 fully saturated rings. The van der Waals surface area contributed by atoms with Crippen molar-refractivity contribution >= 4 is 41.3 Å². The molecule has 156 valence electrons. The first kappa shape index (κ1) is 23.0. The number of hydrogen-bond acceptors (Lipinski definition) is 6. The van der Waals surface area contributed by atoms with Crippen LogP contribution in [0.4, 0.5) is 0 Å². The highest BCUT2D eigenvalue weighted by Crippen LogP contribution is 2.26. The van der Waals surface area contributed by atoms with Crippen molar-refractivity contribution < 1.29 is 4.74 Å². The Morgan fingerprint density at radius 1 is 1.43 bits per heavy atom. The molecule has 2 aromatic heterocycles. The summed E-state index contributed by atoms with van der Waals surface area (Å²) in [6.07, 6.45) is 0.262. The topological polar surface area (TPSA) is 79.6 Å². The first-order chi connectivity index (χ1) is 13.1. The van der Waals surface area contributed by atoms with E-state index >= 15 is 0 Å². The number of guanidine groups is 1. The standard InChI is InChI=1S/C18H29N7OS.HI/c1-13-12-25(7-8-26-13)15(16-6-5-9-27-16)10-20-18(19-3)21-11-17-23-22-14(2)24(17)4;/h5-6,9,13,15H,7-8,10-12H2,1-4H3,(H2,19,20,21);1H. The van der Waals surface area contributed by atoms with Crippen LogP contribution in [-0.4, -0.2) is 65.0 Å². The van der Waals surface area contributed by atoms with Crippen molar-refractivity contribution in [2.45, 2.75) is 32.5 Å². The van der Waals surface area contributed by atoms with E-state index in [9.17, 15) is 0 Å². The lowest BCUT2D eigenvalue weighted by molar-refractivity contribution is -0.0334. The minimum absolute atomic E-state index is 0. The minimum atomic E-state index is 0. The molecule has 0 amide bonds. The number of nitrogens with zero attached hydrogens (tertiary/aromatic N) is 5. The molecule has 8 nitrogen and oxygen atoms in total. The van der Waals surface area contributed by atoms with Crippen molar-refractivity contribution in [1.29, 1.82) is 0 Å². The molecule has 1 aliphatic rings. The van der Waals surface area contributed by atoms with Crippen LogP contribution in [0.25, 0.3) is 0 Å². The number of thiophene rings is 1. The van der Waals surface area contributed by atoms with Gasteiger partial charge in [-0.2, -0.15) is 0 Å². The molecule has 0 saturated carbocycles. The molecule has 3 rings (SSSR count). The van der Waals surface area contributed by atoms with Gasteiger partial charge in [-0.05, 0) is 25.3 Å². The number of ether oxygens (including phenoxy) is 1. The normalized spacial score (nSPS) is 19.1. The third-order valence-corrected chi connectivity index (χ3v) is 5.84. The maximum Gasteiger partial charge on any atom is 0.191 e. The summed E-state index contributed by atoms with van der Waals surface area (Å²) >= 11 is 1.80. The van der Waals surface area contributed by atoms with Crippen molar-refractivity contribution in [3.63, 3.8) is 0 Å². The third-order valence-electron chi connectivity index (χ3n) is 4.87. The van der Waals surface area contributed by atoms with Gasteiger partial charge in [0.2, 0.25) is 0 Å². The van der Waals surface area contributed by atoms with E-state index in [1.807, 2.05) is 18.5 Å². The second-order valence-corrected chi connectivity index (χ2v) is 7.72. The van der Waals surface area contributed by atoms with E-state index in [0.29, 0.717) is 12.6 Å². The SMILES string of the molecule is CN=C(NCc1nnc(C)n1C)NCC(c1cccs1)N1CCOC(C)C1.I. The van der Waals surface area contributed by atoms with Crippen molar-refractivity contribution in [2.75, 3.05) is 33.3 Å². The Morgan fingerprint density at radius 2 is 2.25 bits per heavy atom. The number of hydrogen-bond donors (Lipinski definition) is 2. The minimum Gasteiger partial charge on any atom is -0.376 e. The van der Waals surface area contributed by atoms with Gasteiger partial charge in [-0.25, -0.2) is 0 Å². The monoisotopic (exact) mass is 519 g/mol. The maximum absolute atomic E-state index is 5.71. The van der Waals surface area contributed by atoms with Gasteiger partial charge in [-0.3, -0.25) is 9.89 Å². The molecule has 3 heterocycles. The Hall–Kier alpha value is -1.24. The molecular formula is C18H30IN7OS. The summed E-state index contributed by atoms with van der Waals surface area (Å²) in [7, 11) is 3.75. The zero-order valence-corrected chi connectivity index (χ0v) is 20.0. The number of aromatic nitrogens is 3. The van der Waals surface area contributed by atoms with E-state index in [-0.39, 0.29) is 30.1 Å². The molecule has 2 aromatic rings. The number of aryl methyl sites for hydroxylation is 1. The Bertz CT molecular complexity index is 749. The molecular weight excluding hydrogens is 489 g/mol. The second kappa shape index (κ2) is 11.1. The zero-order chi connectivity index (χ0) is 19.2. The van der Waals surface area contributed by atoms with Crippen LogP contribution in [-0.2, 0) is 18.3 Å². The molecule has 2 N–H and O–H groups in total. The molecule has 1 saturated heterocycles. The summed E-state index contributed by atoms with van der Waals surface area (Å²) in [6.45, 7) is 8.10. The molecule has 0 aromatic carbocycles. The summed E-state index contributed by atoms with van der Waals surface area (Å²) in [5.41, 5.74) is 0. The van der Waals surface area contributed by atoms with Gasteiger partial charge in [-0.15, -0.1) is 45.5 Å². The first-order valence-corrected chi connectivity index (χ1v) is 10.1. The van der Waals surface area contributed by atoms with Crippen LogP contribution >= 0.6 is 35.3 Å². The predicted octanol–water partition coefficient (Wildman–Crippen LogP) is 1.93. The molecule has 0 spiro atoms. The lowest BCUT2D eigenvalue weighted by Gasteiger charge is -2.37. The van der Waals surface area contributed by atoms with Gasteiger partial charge in [0, 0.05) is 38.6 Å². The van der Waals surface area contributed by atoms with Crippen LogP contribution in [0.2, 0.25) is 0 Å². The van der Waals surface area contributed by atoms with Crippen molar-refractivity contribution in [2.24, 2.45) is 12.0 Å². The molecule has 0 radical (unpaired) electrons. The van der Waals surface area contributed by atoms with Gasteiger partial charge in [0.05, 0.1) is 25.3 Å². The van der Waals surface area contributed by atoms with Gasteiger partial charge in [-0.1, -0.05) is 6.07 Å². The zero-order valence-electron chi connectivity index (χ0n) is 16.9. The lowest BCUT2D eigenvalue weighted by Crippen LogP contribution is -2.48. The maximum atomic E-state index is 5.71. The fourth-order valence-corrected chi connectivity index (χ4v) is 4.06. The number of morpholine rings is 1. The van der Waals surface area contributed by atoms with E-state index < -0.39 is 0 Å². The summed E-state index contributed by atoms with van der Waals surface area (Å²) in [5.74, 6) is 2.54. The summed E-state index contributed by atoms with van der Waals surface area (Å²) in [5, 5.41) is 17.2. The Labute approximate surface area is 187 Å². The van der Waals surface area contributed by atoms with Crippen molar-refractivity contribution in [1.82, 2.24) is 30.3 Å². The van der Waals surface area contributed by atoms with Crippen LogP contribution in [0, 0.1) is 6.92 Å². The Balaban J connectivity index is 0.00000280. The third kappa shape index (κ3) is 5.88. The second-order valence-electron chi connectivity index (χ2n) is 6.74. The van der Waals surface area contributed by atoms with E-state index in [4.69, 9.17) is 4.74 Å². The van der Waals surface area contributed by atoms with Gasteiger partial charge in [0.15, 0.2) is 11.8 Å². The highest BCUT2D eigenvalue weighted by molar-refractivity contribution is 14.0. The first-order valence-electron chi connectivity index (χ1n) is 9.27. The average molecular weight is 519 g/mol. The number of rotatable bonds is 6. The Kier molecular flexibility index (Phi) is 9.12.